The van der Waals surface area contributed by atoms with E-state index in [4.69, 9.17) is 0 Å². The number of rotatable bonds is 4. The van der Waals surface area contributed by atoms with Gasteiger partial charge in [0.2, 0.25) is 17.7 Å². The quantitative estimate of drug-likeness (QED) is 0.682. The minimum absolute atomic E-state index is 0.0372. The van der Waals surface area contributed by atoms with Crippen molar-refractivity contribution in [2.45, 2.75) is 31.7 Å². The van der Waals surface area contributed by atoms with Gasteiger partial charge in [-0.1, -0.05) is 36.4 Å². The zero-order valence-electron chi connectivity index (χ0n) is 18.8. The zero-order valence-corrected chi connectivity index (χ0v) is 18.8. The van der Waals surface area contributed by atoms with Crippen LogP contribution in [0.25, 0.3) is 5.57 Å². The average Bonchev–Trinajstić information content (AvgIpc) is 3.11. The van der Waals surface area contributed by atoms with Gasteiger partial charge in [-0.3, -0.25) is 34.2 Å². The summed E-state index contributed by atoms with van der Waals surface area (Å²) in [6, 6.07) is 10.1. The van der Waals surface area contributed by atoms with Crippen molar-refractivity contribution in [3.63, 3.8) is 0 Å². The summed E-state index contributed by atoms with van der Waals surface area (Å²) in [5.74, 6) is -2.81. The molecule has 0 radical (unpaired) electrons. The molecular weight excluding hydrogens is 453 g/mol. The first-order valence-corrected chi connectivity index (χ1v) is 11.4. The Labute approximate surface area is 200 Å². The highest BCUT2D eigenvalue weighted by atomic mass is 19.1. The smallest absolute Gasteiger partial charge is 0.262 e. The Balaban J connectivity index is 1.36. The second-order valence-electron chi connectivity index (χ2n) is 8.76. The summed E-state index contributed by atoms with van der Waals surface area (Å²) in [4.78, 5) is 65.4. The lowest BCUT2D eigenvalue weighted by atomic mass is 9.92. The normalized spacial score (nSPS) is 20.0. The van der Waals surface area contributed by atoms with Crippen molar-refractivity contribution in [1.29, 1.82) is 0 Å². The van der Waals surface area contributed by atoms with Gasteiger partial charge in [0.1, 0.15) is 11.9 Å². The van der Waals surface area contributed by atoms with Crippen molar-refractivity contribution in [1.82, 2.24) is 15.1 Å². The number of imide groups is 2. The van der Waals surface area contributed by atoms with Crippen LogP contribution in [-0.2, 0) is 20.8 Å². The number of benzene rings is 2. The molecule has 0 aromatic heterocycles. The van der Waals surface area contributed by atoms with Crippen LogP contribution >= 0.6 is 0 Å². The van der Waals surface area contributed by atoms with Crippen molar-refractivity contribution >= 4 is 35.1 Å². The molecule has 9 heteroatoms. The van der Waals surface area contributed by atoms with Gasteiger partial charge < -0.3 is 4.90 Å². The number of nitrogens with zero attached hydrogens (tertiary/aromatic N) is 2. The number of carbonyl (C=O) groups is 5. The van der Waals surface area contributed by atoms with E-state index in [9.17, 15) is 28.4 Å². The maximum absolute atomic E-state index is 13.9. The summed E-state index contributed by atoms with van der Waals surface area (Å²) < 4.78 is 13.9. The van der Waals surface area contributed by atoms with E-state index in [2.05, 4.69) is 5.32 Å². The van der Waals surface area contributed by atoms with Crippen LogP contribution < -0.4 is 5.32 Å². The maximum atomic E-state index is 13.9. The molecule has 3 heterocycles. The lowest BCUT2D eigenvalue weighted by molar-refractivity contribution is -0.136. The molecule has 5 amide bonds. The van der Waals surface area contributed by atoms with E-state index >= 15 is 0 Å². The van der Waals surface area contributed by atoms with E-state index in [0.29, 0.717) is 30.6 Å². The van der Waals surface area contributed by atoms with E-state index in [1.54, 1.807) is 41.3 Å². The highest BCUT2D eigenvalue weighted by Gasteiger charge is 2.45. The number of fused-ring (bicyclic) bond motifs is 1. The lowest BCUT2D eigenvalue weighted by Gasteiger charge is -2.28. The van der Waals surface area contributed by atoms with Crippen molar-refractivity contribution in [3.05, 3.63) is 76.6 Å². The summed E-state index contributed by atoms with van der Waals surface area (Å²) in [7, 11) is 0. The standard InChI is InChI=1S/C26H22FN3O5/c27-19-7-2-1-4-16(19)14-22(32)29-12-10-15(11-13-29)17-5-3-6-18-23(17)26(35)30(25(18)34)20-8-9-21(31)28-24(20)33/h1-7,10,20H,8-9,11-14H2,(H,28,31,33). The number of halogens is 1. The Kier molecular flexibility index (Phi) is 5.76. The van der Waals surface area contributed by atoms with Crippen LogP contribution in [-0.4, -0.2) is 58.5 Å². The molecule has 1 atom stereocenters. The van der Waals surface area contributed by atoms with Gasteiger partial charge in [-0.25, -0.2) is 4.39 Å². The molecule has 8 nitrogen and oxygen atoms in total. The minimum Gasteiger partial charge on any atom is -0.338 e. The van der Waals surface area contributed by atoms with E-state index in [-0.39, 0.29) is 36.3 Å². The molecule has 1 unspecified atom stereocenters. The predicted molar refractivity (Wildman–Crippen MR) is 122 cm³/mol. The lowest BCUT2D eigenvalue weighted by Crippen LogP contribution is -2.54. The number of amides is 5. The molecule has 3 aliphatic rings. The van der Waals surface area contributed by atoms with Crippen LogP contribution in [0.4, 0.5) is 4.39 Å². The molecule has 2 aromatic carbocycles. The van der Waals surface area contributed by atoms with Crippen LogP contribution in [0.2, 0.25) is 0 Å². The second-order valence-corrected chi connectivity index (χ2v) is 8.76. The molecule has 0 aliphatic carbocycles. The summed E-state index contributed by atoms with van der Waals surface area (Å²) in [6.07, 6.45) is 2.40. The third-order valence-corrected chi connectivity index (χ3v) is 6.68. The van der Waals surface area contributed by atoms with Crippen molar-refractivity contribution < 1.29 is 28.4 Å². The van der Waals surface area contributed by atoms with E-state index in [1.807, 2.05) is 6.08 Å². The number of carbonyl (C=O) groups excluding carboxylic acids is 5. The van der Waals surface area contributed by atoms with Gasteiger partial charge in [-0.05, 0) is 41.7 Å². The topological polar surface area (TPSA) is 104 Å². The number of hydrogen-bond donors (Lipinski definition) is 1. The highest BCUT2D eigenvalue weighted by Crippen LogP contribution is 2.34. The molecule has 5 rings (SSSR count). The molecule has 35 heavy (non-hydrogen) atoms. The SMILES string of the molecule is O=C1CCC(N2C(=O)c3cccc(C4=CCN(C(=O)Cc5ccccc5F)CC4)c3C2=O)C(=O)N1. The first-order chi connectivity index (χ1) is 16.8. The summed E-state index contributed by atoms with van der Waals surface area (Å²) >= 11 is 0. The van der Waals surface area contributed by atoms with Gasteiger partial charge in [0.25, 0.3) is 11.8 Å². The number of hydrogen-bond acceptors (Lipinski definition) is 5. The van der Waals surface area contributed by atoms with E-state index in [1.165, 1.54) is 6.07 Å². The van der Waals surface area contributed by atoms with Crippen molar-refractivity contribution in [3.8, 4) is 0 Å². The summed E-state index contributed by atoms with van der Waals surface area (Å²) in [5, 5.41) is 2.19. The second kappa shape index (κ2) is 8.90. The first kappa shape index (κ1) is 22.6. The van der Waals surface area contributed by atoms with Crippen molar-refractivity contribution in [2.75, 3.05) is 13.1 Å². The van der Waals surface area contributed by atoms with Gasteiger partial charge in [-0.2, -0.15) is 0 Å². The van der Waals surface area contributed by atoms with Gasteiger partial charge in [0.15, 0.2) is 0 Å². The van der Waals surface area contributed by atoms with Crippen LogP contribution in [0.15, 0.2) is 48.5 Å². The summed E-state index contributed by atoms with van der Waals surface area (Å²) in [6.45, 7) is 0.688. The van der Waals surface area contributed by atoms with Gasteiger partial charge in [-0.15, -0.1) is 0 Å². The third kappa shape index (κ3) is 4.03. The molecule has 178 valence electrons. The largest absolute Gasteiger partial charge is 0.338 e. The molecule has 0 saturated carbocycles. The fourth-order valence-electron chi connectivity index (χ4n) is 4.84. The van der Waals surface area contributed by atoms with Gasteiger partial charge in [0.05, 0.1) is 17.5 Å². The Bertz CT molecular complexity index is 1320. The number of nitrogens with one attached hydrogen (secondary N) is 1. The zero-order chi connectivity index (χ0) is 24.7. The van der Waals surface area contributed by atoms with Gasteiger partial charge >= 0.3 is 0 Å². The van der Waals surface area contributed by atoms with Crippen LogP contribution in [0.3, 0.4) is 0 Å². The fourth-order valence-corrected chi connectivity index (χ4v) is 4.84. The van der Waals surface area contributed by atoms with E-state index < -0.39 is 35.5 Å². The van der Waals surface area contributed by atoms with Crippen LogP contribution in [0, 0.1) is 5.82 Å². The Morgan fingerprint density at radius 2 is 1.74 bits per heavy atom. The highest BCUT2D eigenvalue weighted by molar-refractivity contribution is 6.25. The predicted octanol–water partition coefficient (Wildman–Crippen LogP) is 2.09. The molecule has 2 aromatic rings. The molecule has 0 bridgehead atoms. The molecule has 1 saturated heterocycles. The van der Waals surface area contributed by atoms with Crippen molar-refractivity contribution in [2.24, 2.45) is 0 Å². The average molecular weight is 475 g/mol. The fraction of sp³-hybridized carbons (Fsp3) is 0.269. The third-order valence-electron chi connectivity index (χ3n) is 6.68. The Hall–Kier alpha value is -4.14. The maximum Gasteiger partial charge on any atom is 0.262 e. The molecule has 1 fully saturated rings. The minimum atomic E-state index is -1.03. The monoisotopic (exact) mass is 475 g/mol. The van der Waals surface area contributed by atoms with Crippen LogP contribution in [0.1, 0.15) is 51.1 Å². The van der Waals surface area contributed by atoms with Gasteiger partial charge in [0, 0.05) is 19.5 Å². The molecule has 3 aliphatic heterocycles. The Morgan fingerprint density at radius 1 is 0.971 bits per heavy atom. The molecule has 1 N–H and O–H groups in total. The Morgan fingerprint density at radius 3 is 2.46 bits per heavy atom. The summed E-state index contributed by atoms with van der Waals surface area (Å²) in [5.41, 5.74) is 2.21. The van der Waals surface area contributed by atoms with E-state index in [0.717, 1.165) is 10.5 Å². The first-order valence-electron chi connectivity index (χ1n) is 11.4. The number of piperidine rings is 1. The molecular formula is C26H22FN3O5. The molecule has 0 spiro atoms. The van der Waals surface area contributed by atoms with Crippen LogP contribution in [0.5, 0.6) is 0 Å².